The summed E-state index contributed by atoms with van der Waals surface area (Å²) in [6, 6.07) is 5.44. The summed E-state index contributed by atoms with van der Waals surface area (Å²) >= 11 is 0. The zero-order valence-electron chi connectivity index (χ0n) is 14.2. The number of carbonyl (C=O) groups is 3. The Labute approximate surface area is 141 Å². The Morgan fingerprint density at radius 1 is 1.04 bits per heavy atom. The lowest BCUT2D eigenvalue weighted by Crippen LogP contribution is -2.51. The van der Waals surface area contributed by atoms with E-state index in [9.17, 15) is 14.4 Å². The van der Waals surface area contributed by atoms with Crippen molar-refractivity contribution < 1.29 is 14.4 Å². The Morgan fingerprint density at radius 3 is 2.38 bits per heavy atom. The van der Waals surface area contributed by atoms with E-state index < -0.39 is 0 Å². The van der Waals surface area contributed by atoms with Gasteiger partial charge in [0.1, 0.15) is 0 Å². The third-order valence-electron chi connectivity index (χ3n) is 4.62. The fraction of sp³-hybridized carbons (Fsp3) is 0.500. The summed E-state index contributed by atoms with van der Waals surface area (Å²) in [7, 11) is 0. The number of anilines is 1. The predicted molar refractivity (Wildman–Crippen MR) is 90.7 cm³/mol. The summed E-state index contributed by atoms with van der Waals surface area (Å²) in [5.41, 5.74) is 2.46. The van der Waals surface area contributed by atoms with Crippen LogP contribution >= 0.6 is 0 Å². The molecule has 0 unspecified atom stereocenters. The standard InChI is InChI=1S/C18H23N3O3/c1-12(2)17(23)20-7-9-21(10-8-20)18(24)14-3-5-15-13(11-14)4-6-16(22)19-15/h3,5,11-12H,4,6-10H2,1-2H3,(H,19,22). The van der Waals surface area contributed by atoms with Crippen molar-refractivity contribution in [1.82, 2.24) is 9.80 Å². The molecular weight excluding hydrogens is 306 g/mol. The highest BCUT2D eigenvalue weighted by atomic mass is 16.2. The molecule has 1 aromatic carbocycles. The molecule has 0 aliphatic carbocycles. The maximum atomic E-state index is 12.7. The number of nitrogens with one attached hydrogen (secondary N) is 1. The van der Waals surface area contributed by atoms with Crippen molar-refractivity contribution in [1.29, 1.82) is 0 Å². The molecular formula is C18H23N3O3. The van der Waals surface area contributed by atoms with Gasteiger partial charge in [0, 0.05) is 49.8 Å². The molecule has 2 heterocycles. The number of rotatable bonds is 2. The highest BCUT2D eigenvalue weighted by Gasteiger charge is 2.26. The number of aryl methyl sites for hydroxylation is 1. The Balaban J connectivity index is 1.66. The van der Waals surface area contributed by atoms with E-state index in [1.54, 1.807) is 17.0 Å². The van der Waals surface area contributed by atoms with Crippen LogP contribution in [0, 0.1) is 5.92 Å². The highest BCUT2D eigenvalue weighted by Crippen LogP contribution is 2.24. The minimum absolute atomic E-state index is 0.00801. The second-order valence-corrected chi connectivity index (χ2v) is 6.69. The Kier molecular flexibility index (Phi) is 4.55. The largest absolute Gasteiger partial charge is 0.339 e. The van der Waals surface area contributed by atoms with E-state index in [0.717, 1.165) is 11.3 Å². The summed E-state index contributed by atoms with van der Waals surface area (Å²) in [5.74, 6) is 0.147. The number of piperazine rings is 1. The van der Waals surface area contributed by atoms with E-state index in [0.29, 0.717) is 44.6 Å². The van der Waals surface area contributed by atoms with E-state index in [-0.39, 0.29) is 23.6 Å². The monoisotopic (exact) mass is 329 g/mol. The van der Waals surface area contributed by atoms with Crippen LogP contribution in [-0.2, 0) is 16.0 Å². The Morgan fingerprint density at radius 2 is 1.71 bits per heavy atom. The second-order valence-electron chi connectivity index (χ2n) is 6.69. The molecule has 0 spiro atoms. The van der Waals surface area contributed by atoms with Crippen LogP contribution < -0.4 is 5.32 Å². The number of fused-ring (bicyclic) bond motifs is 1. The van der Waals surface area contributed by atoms with Crippen LogP contribution in [-0.4, -0.2) is 53.7 Å². The zero-order valence-corrected chi connectivity index (χ0v) is 14.2. The van der Waals surface area contributed by atoms with E-state index in [1.807, 2.05) is 24.8 Å². The maximum absolute atomic E-state index is 12.7. The molecule has 2 aliphatic rings. The van der Waals surface area contributed by atoms with Gasteiger partial charge in [0.2, 0.25) is 11.8 Å². The van der Waals surface area contributed by atoms with Crippen LogP contribution in [0.5, 0.6) is 0 Å². The molecule has 24 heavy (non-hydrogen) atoms. The predicted octanol–water partition coefficient (Wildman–Crippen LogP) is 1.51. The molecule has 0 atom stereocenters. The fourth-order valence-corrected chi connectivity index (χ4v) is 3.19. The molecule has 6 heteroatoms. The van der Waals surface area contributed by atoms with Gasteiger partial charge in [0.15, 0.2) is 0 Å². The van der Waals surface area contributed by atoms with Gasteiger partial charge in [-0.1, -0.05) is 13.8 Å². The molecule has 3 rings (SSSR count). The molecule has 1 saturated heterocycles. The third kappa shape index (κ3) is 3.27. The lowest BCUT2D eigenvalue weighted by Gasteiger charge is -2.35. The molecule has 6 nitrogen and oxygen atoms in total. The number of hydrogen-bond acceptors (Lipinski definition) is 3. The summed E-state index contributed by atoms with van der Waals surface area (Å²) < 4.78 is 0. The van der Waals surface area contributed by atoms with Crippen LogP contribution in [0.15, 0.2) is 18.2 Å². The van der Waals surface area contributed by atoms with E-state index in [4.69, 9.17) is 0 Å². The molecule has 0 aromatic heterocycles. The molecule has 0 radical (unpaired) electrons. The maximum Gasteiger partial charge on any atom is 0.253 e. The van der Waals surface area contributed by atoms with E-state index >= 15 is 0 Å². The molecule has 1 aromatic rings. The van der Waals surface area contributed by atoms with Crippen molar-refractivity contribution in [2.24, 2.45) is 5.92 Å². The first-order chi connectivity index (χ1) is 11.5. The Bertz CT molecular complexity index is 676. The third-order valence-corrected chi connectivity index (χ3v) is 4.62. The summed E-state index contributed by atoms with van der Waals surface area (Å²) in [4.78, 5) is 39.8. The SMILES string of the molecule is CC(C)C(=O)N1CCN(C(=O)c2ccc3c(c2)CCC(=O)N3)CC1. The normalized spacial score (nSPS) is 17.5. The summed E-state index contributed by atoms with van der Waals surface area (Å²) in [6.07, 6.45) is 1.12. The number of hydrogen-bond donors (Lipinski definition) is 1. The smallest absolute Gasteiger partial charge is 0.253 e. The van der Waals surface area contributed by atoms with Crippen molar-refractivity contribution in [3.63, 3.8) is 0 Å². The van der Waals surface area contributed by atoms with Crippen LogP contribution in [0.1, 0.15) is 36.2 Å². The van der Waals surface area contributed by atoms with Gasteiger partial charge in [-0.3, -0.25) is 14.4 Å². The molecule has 128 valence electrons. The summed E-state index contributed by atoms with van der Waals surface area (Å²) in [5, 5.41) is 2.83. The van der Waals surface area contributed by atoms with Gasteiger partial charge in [-0.15, -0.1) is 0 Å². The quantitative estimate of drug-likeness (QED) is 0.894. The number of amides is 3. The van der Waals surface area contributed by atoms with Gasteiger partial charge >= 0.3 is 0 Å². The summed E-state index contributed by atoms with van der Waals surface area (Å²) in [6.45, 7) is 6.08. The molecule has 0 saturated carbocycles. The first-order valence-electron chi connectivity index (χ1n) is 8.46. The van der Waals surface area contributed by atoms with Gasteiger partial charge in [0.25, 0.3) is 5.91 Å². The van der Waals surface area contributed by atoms with Crippen molar-refractivity contribution >= 4 is 23.4 Å². The Hall–Kier alpha value is -2.37. The molecule has 3 amide bonds. The van der Waals surface area contributed by atoms with Crippen LogP contribution in [0.25, 0.3) is 0 Å². The zero-order chi connectivity index (χ0) is 17.3. The molecule has 1 N–H and O–H groups in total. The first-order valence-corrected chi connectivity index (χ1v) is 8.46. The van der Waals surface area contributed by atoms with Gasteiger partial charge in [-0.05, 0) is 30.2 Å². The first kappa shape index (κ1) is 16.5. The topological polar surface area (TPSA) is 69.7 Å². The van der Waals surface area contributed by atoms with E-state index in [2.05, 4.69) is 5.32 Å². The van der Waals surface area contributed by atoms with Crippen LogP contribution in [0.3, 0.4) is 0 Å². The lowest BCUT2D eigenvalue weighted by atomic mass is 10.00. The molecule has 1 fully saturated rings. The number of carbonyl (C=O) groups excluding carboxylic acids is 3. The minimum Gasteiger partial charge on any atom is -0.339 e. The van der Waals surface area contributed by atoms with Crippen LogP contribution in [0.2, 0.25) is 0 Å². The minimum atomic E-state index is -0.0110. The molecule has 0 bridgehead atoms. The fourth-order valence-electron chi connectivity index (χ4n) is 3.19. The average Bonchev–Trinajstić information content (AvgIpc) is 2.60. The highest BCUT2D eigenvalue weighted by molar-refractivity contribution is 5.98. The van der Waals surface area contributed by atoms with Crippen molar-refractivity contribution in [2.45, 2.75) is 26.7 Å². The van der Waals surface area contributed by atoms with Crippen molar-refractivity contribution in [2.75, 3.05) is 31.5 Å². The van der Waals surface area contributed by atoms with Crippen molar-refractivity contribution in [3.05, 3.63) is 29.3 Å². The second kappa shape index (κ2) is 6.63. The van der Waals surface area contributed by atoms with Gasteiger partial charge < -0.3 is 15.1 Å². The van der Waals surface area contributed by atoms with Crippen LogP contribution in [0.4, 0.5) is 5.69 Å². The number of nitrogens with zero attached hydrogens (tertiary/aromatic N) is 2. The number of benzene rings is 1. The molecule has 2 aliphatic heterocycles. The van der Waals surface area contributed by atoms with Gasteiger partial charge in [0.05, 0.1) is 0 Å². The van der Waals surface area contributed by atoms with Gasteiger partial charge in [-0.25, -0.2) is 0 Å². The average molecular weight is 329 g/mol. The lowest BCUT2D eigenvalue weighted by molar-refractivity contribution is -0.135. The van der Waals surface area contributed by atoms with Gasteiger partial charge in [-0.2, -0.15) is 0 Å². The van der Waals surface area contributed by atoms with Crippen molar-refractivity contribution in [3.8, 4) is 0 Å². The van der Waals surface area contributed by atoms with E-state index in [1.165, 1.54) is 0 Å².